The van der Waals surface area contributed by atoms with Crippen LogP contribution in [-0.2, 0) is 10.2 Å². The van der Waals surface area contributed by atoms with Gasteiger partial charge in [-0.1, -0.05) is 55.0 Å². The highest BCUT2D eigenvalue weighted by Gasteiger charge is 2.48. The van der Waals surface area contributed by atoms with Crippen molar-refractivity contribution < 1.29 is 23.1 Å². The number of amides is 2. The van der Waals surface area contributed by atoms with Crippen LogP contribution < -0.4 is 15.4 Å². The lowest BCUT2D eigenvalue weighted by Gasteiger charge is -2.31. The van der Waals surface area contributed by atoms with Crippen molar-refractivity contribution in [1.29, 1.82) is 0 Å². The second-order valence-electron chi connectivity index (χ2n) is 11.2. The zero-order chi connectivity index (χ0) is 29.0. The molecule has 8 heteroatoms. The van der Waals surface area contributed by atoms with Gasteiger partial charge in [0.2, 0.25) is 5.91 Å². The molecule has 1 aliphatic heterocycles. The van der Waals surface area contributed by atoms with Crippen LogP contribution in [0.3, 0.4) is 0 Å². The van der Waals surface area contributed by atoms with Crippen LogP contribution in [0.25, 0.3) is 11.1 Å². The van der Waals surface area contributed by atoms with E-state index in [0.717, 1.165) is 68.1 Å². The average Bonchev–Trinajstić information content (AvgIpc) is 3.54. The minimum atomic E-state index is -3.00. The molecule has 1 heterocycles. The normalized spacial score (nSPS) is 17.5. The van der Waals surface area contributed by atoms with E-state index in [0.29, 0.717) is 17.7 Å². The number of carbonyl (C=O) groups excluding carboxylic acids is 2. The summed E-state index contributed by atoms with van der Waals surface area (Å²) in [6, 6.07) is 22.8. The summed E-state index contributed by atoms with van der Waals surface area (Å²) in [6.07, 6.45) is 2.99. The summed E-state index contributed by atoms with van der Waals surface area (Å²) in [5.41, 5.74) is 3.30. The van der Waals surface area contributed by atoms with Gasteiger partial charge in [-0.15, -0.1) is 0 Å². The number of hydrogen-bond donors (Lipinski definition) is 2. The molecule has 6 nitrogen and oxygen atoms in total. The van der Waals surface area contributed by atoms with Gasteiger partial charge in [-0.25, -0.2) is 8.78 Å². The predicted octanol–water partition coefficient (Wildman–Crippen LogP) is 5.41. The second-order valence-corrected chi connectivity index (χ2v) is 11.2. The average molecular weight is 562 g/mol. The van der Waals surface area contributed by atoms with Gasteiger partial charge in [0.1, 0.15) is 11.2 Å². The third-order valence-corrected chi connectivity index (χ3v) is 8.25. The van der Waals surface area contributed by atoms with Gasteiger partial charge < -0.3 is 20.3 Å². The summed E-state index contributed by atoms with van der Waals surface area (Å²) in [4.78, 5) is 28.8. The number of nitrogens with one attached hydrogen (secondary N) is 2. The van der Waals surface area contributed by atoms with Gasteiger partial charge in [-0.05, 0) is 72.3 Å². The van der Waals surface area contributed by atoms with E-state index in [2.05, 4.69) is 15.5 Å². The summed E-state index contributed by atoms with van der Waals surface area (Å²) in [6.45, 7) is 2.61. The third-order valence-electron chi connectivity index (χ3n) is 8.25. The zero-order valence-electron chi connectivity index (χ0n) is 23.6. The molecule has 1 saturated heterocycles. The van der Waals surface area contributed by atoms with Gasteiger partial charge in [-0.3, -0.25) is 9.59 Å². The Morgan fingerprint density at radius 3 is 2.22 bits per heavy atom. The number of likely N-dealkylation sites (tertiary alicyclic amines) is 1. The number of ether oxygens (including phenoxy) is 1. The first-order valence-corrected chi connectivity index (χ1v) is 14.2. The van der Waals surface area contributed by atoms with Crippen LogP contribution in [0.2, 0.25) is 0 Å². The molecule has 2 N–H and O–H groups in total. The SMILES string of the molecule is COc1ccc(C(=O)NC2CCN(CCCCC3(C(=O)NCC(C)(F)F)c4ccccc4-c4ccccc43)C2)cc1. The Hall–Kier alpha value is -3.78. The molecule has 1 atom stereocenters. The maximum Gasteiger partial charge on any atom is 0.262 e. The summed E-state index contributed by atoms with van der Waals surface area (Å²) in [5.74, 6) is -2.76. The molecule has 3 aromatic rings. The summed E-state index contributed by atoms with van der Waals surface area (Å²) >= 11 is 0. The third kappa shape index (κ3) is 6.12. The molecule has 0 radical (unpaired) electrons. The fourth-order valence-corrected chi connectivity index (χ4v) is 6.23. The molecule has 216 valence electrons. The standard InChI is InChI=1S/C33H37F2N3O3/c1-32(34,35)22-36-31(40)33(28-11-5-3-9-26(28)27-10-4-6-12-29(27)33)18-7-8-19-38-20-17-24(21-38)37-30(39)23-13-15-25(41-2)16-14-23/h3-6,9-16,24H,7-8,17-22H2,1-2H3,(H,36,40)(H,37,39). The Labute approximate surface area is 240 Å². The van der Waals surface area contributed by atoms with Gasteiger partial charge >= 0.3 is 0 Å². The monoisotopic (exact) mass is 561 g/mol. The number of fused-ring (bicyclic) bond motifs is 3. The van der Waals surface area contributed by atoms with Crippen LogP contribution in [0.15, 0.2) is 72.8 Å². The number of methoxy groups -OCH3 is 1. The lowest BCUT2D eigenvalue weighted by atomic mass is 9.73. The van der Waals surface area contributed by atoms with Crippen LogP contribution in [0.4, 0.5) is 8.78 Å². The van der Waals surface area contributed by atoms with E-state index in [1.165, 1.54) is 0 Å². The number of nitrogens with zero attached hydrogens (tertiary/aromatic N) is 1. The molecule has 0 saturated carbocycles. The highest BCUT2D eigenvalue weighted by Crippen LogP contribution is 2.51. The molecule has 3 aromatic carbocycles. The Balaban J connectivity index is 1.22. The molecule has 2 amide bonds. The first-order valence-electron chi connectivity index (χ1n) is 14.2. The smallest absolute Gasteiger partial charge is 0.262 e. The molecule has 0 spiro atoms. The highest BCUT2D eigenvalue weighted by molar-refractivity contribution is 6.00. The number of hydrogen-bond acceptors (Lipinski definition) is 4. The van der Waals surface area contributed by atoms with Gasteiger partial charge in [0.15, 0.2) is 0 Å². The van der Waals surface area contributed by atoms with E-state index >= 15 is 0 Å². The van der Waals surface area contributed by atoms with Crippen molar-refractivity contribution in [3.05, 3.63) is 89.5 Å². The molecule has 2 aliphatic rings. The lowest BCUT2D eigenvalue weighted by molar-refractivity contribution is -0.127. The van der Waals surface area contributed by atoms with Crippen molar-refractivity contribution in [2.75, 3.05) is 33.3 Å². The molecule has 0 bridgehead atoms. The number of benzene rings is 3. The van der Waals surface area contributed by atoms with Crippen molar-refractivity contribution >= 4 is 11.8 Å². The molecule has 1 fully saturated rings. The Morgan fingerprint density at radius 1 is 0.976 bits per heavy atom. The fraction of sp³-hybridized carbons (Fsp3) is 0.394. The quantitative estimate of drug-likeness (QED) is 0.307. The molecule has 1 aliphatic carbocycles. The lowest BCUT2D eigenvalue weighted by Crippen LogP contribution is -2.47. The number of unbranched alkanes of at least 4 members (excludes halogenated alkanes) is 1. The minimum Gasteiger partial charge on any atom is -0.497 e. The van der Waals surface area contributed by atoms with Crippen LogP contribution in [0.1, 0.15) is 54.1 Å². The van der Waals surface area contributed by atoms with Crippen molar-refractivity contribution in [1.82, 2.24) is 15.5 Å². The first kappa shape index (κ1) is 28.7. The molecule has 0 aromatic heterocycles. The maximum atomic E-state index is 13.8. The van der Waals surface area contributed by atoms with Gasteiger partial charge in [0.25, 0.3) is 11.8 Å². The van der Waals surface area contributed by atoms with Crippen molar-refractivity contribution in [2.24, 2.45) is 0 Å². The van der Waals surface area contributed by atoms with E-state index < -0.39 is 17.9 Å². The van der Waals surface area contributed by atoms with Gasteiger partial charge in [0, 0.05) is 31.6 Å². The fourth-order valence-electron chi connectivity index (χ4n) is 6.23. The Bertz CT molecular complexity index is 1340. The van der Waals surface area contributed by atoms with Gasteiger partial charge in [0.05, 0.1) is 13.7 Å². The van der Waals surface area contributed by atoms with E-state index in [1.807, 2.05) is 48.5 Å². The number of rotatable bonds is 11. The van der Waals surface area contributed by atoms with E-state index in [1.54, 1.807) is 31.4 Å². The topological polar surface area (TPSA) is 70.7 Å². The number of halogens is 2. The largest absolute Gasteiger partial charge is 0.497 e. The second kappa shape index (κ2) is 12.0. The van der Waals surface area contributed by atoms with E-state index in [4.69, 9.17) is 4.74 Å². The Morgan fingerprint density at radius 2 is 1.61 bits per heavy atom. The van der Waals surface area contributed by atoms with E-state index in [9.17, 15) is 18.4 Å². The highest BCUT2D eigenvalue weighted by atomic mass is 19.3. The molecule has 41 heavy (non-hydrogen) atoms. The number of alkyl halides is 2. The number of carbonyl (C=O) groups is 2. The summed E-state index contributed by atoms with van der Waals surface area (Å²) in [7, 11) is 1.59. The van der Waals surface area contributed by atoms with Crippen molar-refractivity contribution in [2.45, 2.75) is 50.0 Å². The van der Waals surface area contributed by atoms with Crippen molar-refractivity contribution in [3.8, 4) is 16.9 Å². The molecule has 1 unspecified atom stereocenters. The summed E-state index contributed by atoms with van der Waals surface area (Å²) < 4.78 is 32.7. The van der Waals surface area contributed by atoms with E-state index in [-0.39, 0.29) is 17.9 Å². The molecular formula is C33H37F2N3O3. The maximum absolute atomic E-state index is 13.8. The van der Waals surface area contributed by atoms with Crippen molar-refractivity contribution in [3.63, 3.8) is 0 Å². The minimum absolute atomic E-state index is 0.0750. The van der Waals surface area contributed by atoms with Gasteiger partial charge in [-0.2, -0.15) is 0 Å². The Kier molecular flexibility index (Phi) is 8.40. The zero-order valence-corrected chi connectivity index (χ0v) is 23.6. The van der Waals surface area contributed by atoms with Crippen LogP contribution in [0.5, 0.6) is 5.75 Å². The van der Waals surface area contributed by atoms with Crippen LogP contribution >= 0.6 is 0 Å². The summed E-state index contributed by atoms with van der Waals surface area (Å²) in [5, 5.41) is 5.70. The first-order chi connectivity index (χ1) is 19.7. The van der Waals surface area contributed by atoms with Crippen LogP contribution in [-0.4, -0.2) is 62.0 Å². The van der Waals surface area contributed by atoms with Crippen LogP contribution in [0, 0.1) is 0 Å². The molecular weight excluding hydrogens is 524 g/mol. The molecule has 5 rings (SSSR count). The predicted molar refractivity (Wildman–Crippen MR) is 155 cm³/mol.